The van der Waals surface area contributed by atoms with E-state index in [1.807, 2.05) is 12.1 Å². The van der Waals surface area contributed by atoms with Crippen LogP contribution in [0, 0.1) is 6.92 Å². The lowest BCUT2D eigenvalue weighted by molar-refractivity contribution is 1.33. The number of para-hydroxylation sites is 1. The predicted molar refractivity (Wildman–Crippen MR) is 97.4 cm³/mol. The fraction of sp³-hybridized carbons (Fsp3) is 0.0455. The van der Waals surface area contributed by atoms with Crippen LogP contribution in [0.2, 0.25) is 0 Å². The third-order valence-electron chi connectivity index (χ3n) is 4.25. The first-order chi connectivity index (χ1) is 11.3. The Labute approximate surface area is 136 Å². The first-order valence-corrected chi connectivity index (χ1v) is 7.85. The predicted octanol–water partition coefficient (Wildman–Crippen LogP) is 5.88. The van der Waals surface area contributed by atoms with Gasteiger partial charge in [-0.05, 0) is 29.7 Å². The van der Waals surface area contributed by atoms with E-state index in [0.717, 1.165) is 16.8 Å². The molecule has 4 aromatic rings. The molecule has 4 rings (SSSR count). The Kier molecular flexibility index (Phi) is 3.39. The van der Waals surface area contributed by atoms with Crippen LogP contribution in [-0.2, 0) is 0 Å². The SMILES string of the molecule is Cc1c(-c2ccccc2)nc2ccccc2c1-c1ccccc1. The number of hydrogen-bond acceptors (Lipinski definition) is 1. The Morgan fingerprint density at radius 2 is 1.17 bits per heavy atom. The summed E-state index contributed by atoms with van der Waals surface area (Å²) < 4.78 is 0. The highest BCUT2D eigenvalue weighted by Crippen LogP contribution is 2.36. The van der Waals surface area contributed by atoms with Crippen molar-refractivity contribution in [1.82, 2.24) is 4.98 Å². The molecule has 1 aromatic heterocycles. The molecule has 0 N–H and O–H groups in total. The molecular weight excluding hydrogens is 278 g/mol. The fourth-order valence-corrected chi connectivity index (χ4v) is 3.16. The molecule has 1 heterocycles. The number of pyridine rings is 1. The van der Waals surface area contributed by atoms with Crippen LogP contribution in [-0.4, -0.2) is 4.98 Å². The van der Waals surface area contributed by atoms with Crippen molar-refractivity contribution in [2.24, 2.45) is 0 Å². The molecule has 0 saturated heterocycles. The minimum Gasteiger partial charge on any atom is -0.247 e. The van der Waals surface area contributed by atoms with Gasteiger partial charge in [-0.15, -0.1) is 0 Å². The molecule has 0 aliphatic carbocycles. The van der Waals surface area contributed by atoms with Gasteiger partial charge in [0.05, 0.1) is 11.2 Å². The number of nitrogens with zero attached hydrogens (tertiary/aromatic N) is 1. The van der Waals surface area contributed by atoms with E-state index < -0.39 is 0 Å². The van der Waals surface area contributed by atoms with Crippen LogP contribution in [0.4, 0.5) is 0 Å². The molecule has 0 aliphatic heterocycles. The van der Waals surface area contributed by atoms with Crippen molar-refractivity contribution in [2.45, 2.75) is 6.92 Å². The molecule has 1 nitrogen and oxygen atoms in total. The van der Waals surface area contributed by atoms with Gasteiger partial charge in [0.15, 0.2) is 0 Å². The highest BCUT2D eigenvalue weighted by Gasteiger charge is 2.14. The Balaban J connectivity index is 2.10. The smallest absolute Gasteiger partial charge is 0.0745 e. The highest BCUT2D eigenvalue weighted by molar-refractivity contribution is 5.99. The summed E-state index contributed by atoms with van der Waals surface area (Å²) in [4.78, 5) is 4.93. The van der Waals surface area contributed by atoms with Crippen molar-refractivity contribution in [1.29, 1.82) is 0 Å². The Morgan fingerprint density at radius 3 is 1.87 bits per heavy atom. The van der Waals surface area contributed by atoms with Gasteiger partial charge in [0.1, 0.15) is 0 Å². The maximum Gasteiger partial charge on any atom is 0.0745 e. The van der Waals surface area contributed by atoms with Crippen molar-refractivity contribution in [3.05, 3.63) is 90.5 Å². The summed E-state index contributed by atoms with van der Waals surface area (Å²) in [6.45, 7) is 2.17. The van der Waals surface area contributed by atoms with Gasteiger partial charge in [0, 0.05) is 10.9 Å². The van der Waals surface area contributed by atoms with E-state index >= 15 is 0 Å². The summed E-state index contributed by atoms with van der Waals surface area (Å²) in [6.07, 6.45) is 0. The van der Waals surface area contributed by atoms with Crippen LogP contribution in [0.25, 0.3) is 33.3 Å². The van der Waals surface area contributed by atoms with Gasteiger partial charge in [0.2, 0.25) is 0 Å². The molecule has 3 aromatic carbocycles. The molecule has 23 heavy (non-hydrogen) atoms. The van der Waals surface area contributed by atoms with Gasteiger partial charge in [0.25, 0.3) is 0 Å². The lowest BCUT2D eigenvalue weighted by Crippen LogP contribution is -1.95. The molecule has 0 unspecified atom stereocenters. The summed E-state index contributed by atoms with van der Waals surface area (Å²) in [7, 11) is 0. The molecular formula is C22H17N. The summed E-state index contributed by atoms with van der Waals surface area (Å²) in [5.74, 6) is 0. The average Bonchev–Trinajstić information content (AvgIpc) is 2.63. The highest BCUT2D eigenvalue weighted by atomic mass is 14.7. The molecule has 0 bridgehead atoms. The van der Waals surface area contributed by atoms with Gasteiger partial charge in [-0.1, -0.05) is 78.9 Å². The van der Waals surface area contributed by atoms with Gasteiger partial charge in [-0.25, -0.2) is 4.98 Å². The van der Waals surface area contributed by atoms with Crippen LogP contribution in [0.1, 0.15) is 5.56 Å². The van der Waals surface area contributed by atoms with Gasteiger partial charge in [-0.3, -0.25) is 0 Å². The van der Waals surface area contributed by atoms with Crippen LogP contribution >= 0.6 is 0 Å². The van der Waals surface area contributed by atoms with E-state index in [1.54, 1.807) is 0 Å². The molecule has 0 amide bonds. The first kappa shape index (κ1) is 13.7. The minimum absolute atomic E-state index is 1.04. The molecule has 0 spiro atoms. The molecule has 110 valence electrons. The van der Waals surface area contributed by atoms with Crippen LogP contribution in [0.3, 0.4) is 0 Å². The number of fused-ring (bicyclic) bond motifs is 1. The number of benzene rings is 3. The monoisotopic (exact) mass is 295 g/mol. The second kappa shape index (κ2) is 5.69. The quantitative estimate of drug-likeness (QED) is 0.450. The van der Waals surface area contributed by atoms with E-state index in [9.17, 15) is 0 Å². The Hall–Kier alpha value is -2.93. The second-order valence-electron chi connectivity index (χ2n) is 5.71. The largest absolute Gasteiger partial charge is 0.247 e. The van der Waals surface area contributed by atoms with E-state index in [4.69, 9.17) is 4.98 Å². The van der Waals surface area contributed by atoms with Crippen molar-refractivity contribution in [3.8, 4) is 22.4 Å². The van der Waals surface area contributed by atoms with E-state index in [0.29, 0.717) is 0 Å². The topological polar surface area (TPSA) is 12.9 Å². The van der Waals surface area contributed by atoms with E-state index in [-0.39, 0.29) is 0 Å². The standard InChI is InChI=1S/C22H17N/c1-16-21(17-10-4-2-5-11-17)19-14-8-9-15-20(19)23-22(16)18-12-6-3-7-13-18/h2-15H,1H3. The second-order valence-corrected chi connectivity index (χ2v) is 5.71. The summed E-state index contributed by atoms with van der Waals surface area (Å²) >= 11 is 0. The van der Waals surface area contributed by atoms with Gasteiger partial charge < -0.3 is 0 Å². The third-order valence-corrected chi connectivity index (χ3v) is 4.25. The first-order valence-electron chi connectivity index (χ1n) is 7.85. The van der Waals surface area contributed by atoms with Crippen LogP contribution in [0.5, 0.6) is 0 Å². The van der Waals surface area contributed by atoms with E-state index in [2.05, 4.69) is 79.7 Å². The zero-order valence-electron chi connectivity index (χ0n) is 13.0. The zero-order chi connectivity index (χ0) is 15.6. The summed E-state index contributed by atoms with van der Waals surface area (Å²) in [5.41, 5.74) is 6.99. The normalized spacial score (nSPS) is 10.8. The number of rotatable bonds is 2. The third kappa shape index (κ3) is 2.40. The molecule has 0 aliphatic rings. The van der Waals surface area contributed by atoms with Crippen molar-refractivity contribution in [3.63, 3.8) is 0 Å². The van der Waals surface area contributed by atoms with Crippen molar-refractivity contribution in [2.75, 3.05) is 0 Å². The molecule has 0 radical (unpaired) electrons. The van der Waals surface area contributed by atoms with Crippen molar-refractivity contribution < 1.29 is 0 Å². The minimum atomic E-state index is 1.04. The van der Waals surface area contributed by atoms with Crippen molar-refractivity contribution >= 4 is 10.9 Å². The summed E-state index contributed by atoms with van der Waals surface area (Å²) in [6, 6.07) is 29.4. The molecule has 1 heteroatoms. The zero-order valence-corrected chi connectivity index (χ0v) is 13.0. The summed E-state index contributed by atoms with van der Waals surface area (Å²) in [5, 5.41) is 1.20. The number of hydrogen-bond donors (Lipinski definition) is 0. The molecule has 0 saturated carbocycles. The van der Waals surface area contributed by atoms with E-state index in [1.165, 1.54) is 22.1 Å². The lowest BCUT2D eigenvalue weighted by Gasteiger charge is -2.15. The maximum absolute atomic E-state index is 4.93. The maximum atomic E-state index is 4.93. The molecule has 0 fully saturated rings. The van der Waals surface area contributed by atoms with Gasteiger partial charge >= 0.3 is 0 Å². The Bertz CT molecular complexity index is 957. The lowest BCUT2D eigenvalue weighted by atomic mass is 9.93. The number of aromatic nitrogens is 1. The fourth-order valence-electron chi connectivity index (χ4n) is 3.16. The van der Waals surface area contributed by atoms with Crippen LogP contribution in [0.15, 0.2) is 84.9 Å². The van der Waals surface area contributed by atoms with Gasteiger partial charge in [-0.2, -0.15) is 0 Å². The molecule has 0 atom stereocenters. The Morgan fingerprint density at radius 1 is 0.609 bits per heavy atom. The average molecular weight is 295 g/mol. The van der Waals surface area contributed by atoms with Crippen LogP contribution < -0.4 is 0 Å².